The van der Waals surface area contributed by atoms with Crippen molar-refractivity contribution in [2.24, 2.45) is 4.99 Å². The number of benzene rings is 2. The molecule has 140 valence electrons. The second-order valence-corrected chi connectivity index (χ2v) is 6.22. The lowest BCUT2D eigenvalue weighted by Gasteiger charge is -2.21. The van der Waals surface area contributed by atoms with E-state index >= 15 is 0 Å². The predicted octanol–water partition coefficient (Wildman–Crippen LogP) is 3.29. The molecule has 0 amide bonds. The summed E-state index contributed by atoms with van der Waals surface area (Å²) in [6.07, 6.45) is 1.87. The lowest BCUT2D eigenvalue weighted by atomic mass is 10.2. The Hall–Kier alpha value is -3.28. The molecule has 0 saturated heterocycles. The maximum Gasteiger partial charge on any atom is 0.194 e. The van der Waals surface area contributed by atoms with E-state index in [4.69, 9.17) is 4.74 Å². The molecule has 0 aliphatic rings. The monoisotopic (exact) mass is 363 g/mol. The van der Waals surface area contributed by atoms with Crippen molar-refractivity contribution in [1.29, 1.82) is 0 Å². The normalized spacial score (nSPS) is 11.3. The van der Waals surface area contributed by atoms with Crippen LogP contribution in [-0.4, -0.2) is 42.0 Å². The number of aromatic amines is 1. The Balaban J connectivity index is 1.60. The average molecular weight is 363 g/mol. The molecule has 0 spiro atoms. The molecule has 3 aromatic rings. The van der Waals surface area contributed by atoms with Gasteiger partial charge in [0.05, 0.1) is 25.5 Å². The largest absolute Gasteiger partial charge is 0.497 e. The van der Waals surface area contributed by atoms with Crippen LogP contribution >= 0.6 is 0 Å². The number of hydrogen-bond acceptors (Lipinski definition) is 3. The van der Waals surface area contributed by atoms with Crippen LogP contribution in [0.15, 0.2) is 65.8 Å². The number of rotatable bonds is 6. The molecule has 6 nitrogen and oxygen atoms in total. The van der Waals surface area contributed by atoms with Crippen molar-refractivity contribution in [2.75, 3.05) is 21.2 Å². The van der Waals surface area contributed by atoms with Gasteiger partial charge >= 0.3 is 0 Å². The standard InChI is InChI=1S/C21H25N5O/c1-22-21(24-13-16-8-7-11-18(12-16)27-3)26(2)15-20-23-14-19(25-20)17-9-5-4-6-10-17/h4-12,14H,13,15H2,1-3H3,(H,22,24)(H,23,25). The van der Waals surface area contributed by atoms with E-state index in [1.165, 1.54) is 0 Å². The zero-order valence-electron chi connectivity index (χ0n) is 15.9. The number of nitrogens with zero attached hydrogens (tertiary/aromatic N) is 3. The SMILES string of the molecule is CN=C(NCc1cccc(OC)c1)N(C)Cc1ncc(-c2ccccc2)[nH]1. The zero-order valence-corrected chi connectivity index (χ0v) is 15.9. The van der Waals surface area contributed by atoms with E-state index in [9.17, 15) is 0 Å². The minimum Gasteiger partial charge on any atom is -0.497 e. The summed E-state index contributed by atoms with van der Waals surface area (Å²) < 4.78 is 5.27. The second-order valence-electron chi connectivity index (χ2n) is 6.22. The highest BCUT2D eigenvalue weighted by molar-refractivity contribution is 5.79. The third kappa shape index (κ3) is 4.88. The minimum atomic E-state index is 0.630. The smallest absolute Gasteiger partial charge is 0.194 e. The molecule has 2 N–H and O–H groups in total. The van der Waals surface area contributed by atoms with Crippen LogP contribution in [0.1, 0.15) is 11.4 Å². The molecule has 0 atom stereocenters. The van der Waals surface area contributed by atoms with Crippen molar-refractivity contribution in [3.8, 4) is 17.0 Å². The maximum absolute atomic E-state index is 5.27. The maximum atomic E-state index is 5.27. The fourth-order valence-corrected chi connectivity index (χ4v) is 2.86. The van der Waals surface area contributed by atoms with Crippen molar-refractivity contribution in [3.05, 3.63) is 72.2 Å². The van der Waals surface area contributed by atoms with Crippen molar-refractivity contribution in [1.82, 2.24) is 20.2 Å². The molecule has 2 aromatic carbocycles. The molecular formula is C21H25N5O. The first-order valence-electron chi connectivity index (χ1n) is 8.83. The molecule has 0 bridgehead atoms. The highest BCUT2D eigenvalue weighted by atomic mass is 16.5. The summed E-state index contributed by atoms with van der Waals surface area (Å²) in [5.41, 5.74) is 3.27. The molecule has 0 radical (unpaired) electrons. The topological polar surface area (TPSA) is 65.5 Å². The summed E-state index contributed by atoms with van der Waals surface area (Å²) in [5.74, 6) is 2.54. The lowest BCUT2D eigenvalue weighted by Crippen LogP contribution is -2.38. The van der Waals surface area contributed by atoms with E-state index in [0.717, 1.165) is 34.4 Å². The summed E-state index contributed by atoms with van der Waals surface area (Å²) >= 11 is 0. The van der Waals surface area contributed by atoms with Crippen LogP contribution in [0.2, 0.25) is 0 Å². The minimum absolute atomic E-state index is 0.630. The van der Waals surface area contributed by atoms with Gasteiger partial charge in [-0.2, -0.15) is 0 Å². The summed E-state index contributed by atoms with van der Waals surface area (Å²) in [7, 11) is 5.44. The summed E-state index contributed by atoms with van der Waals surface area (Å²) in [6, 6.07) is 18.2. The van der Waals surface area contributed by atoms with E-state index in [-0.39, 0.29) is 0 Å². The number of aliphatic imine (C=N–C) groups is 1. The Labute approximate surface area is 159 Å². The van der Waals surface area contributed by atoms with Gasteiger partial charge in [-0.1, -0.05) is 42.5 Å². The summed E-state index contributed by atoms with van der Waals surface area (Å²) in [6.45, 7) is 1.30. The van der Waals surface area contributed by atoms with E-state index < -0.39 is 0 Å². The van der Waals surface area contributed by atoms with Gasteiger partial charge in [-0.05, 0) is 23.3 Å². The van der Waals surface area contributed by atoms with E-state index in [1.807, 2.05) is 54.5 Å². The van der Waals surface area contributed by atoms with E-state index in [0.29, 0.717) is 13.1 Å². The number of imidazole rings is 1. The molecule has 3 rings (SSSR count). The van der Waals surface area contributed by atoms with Crippen LogP contribution in [0, 0.1) is 0 Å². The van der Waals surface area contributed by atoms with Crippen LogP contribution in [0.25, 0.3) is 11.3 Å². The Morgan fingerprint density at radius 2 is 2.00 bits per heavy atom. The highest BCUT2D eigenvalue weighted by Crippen LogP contribution is 2.16. The molecule has 0 aliphatic carbocycles. The van der Waals surface area contributed by atoms with Crippen LogP contribution in [0.3, 0.4) is 0 Å². The second kappa shape index (κ2) is 8.89. The summed E-state index contributed by atoms with van der Waals surface area (Å²) in [5, 5.41) is 3.37. The van der Waals surface area contributed by atoms with Gasteiger partial charge in [0.25, 0.3) is 0 Å². The predicted molar refractivity (Wildman–Crippen MR) is 109 cm³/mol. The Kier molecular flexibility index (Phi) is 6.10. The van der Waals surface area contributed by atoms with Gasteiger partial charge in [-0.25, -0.2) is 4.98 Å². The molecule has 0 unspecified atom stereocenters. The van der Waals surface area contributed by atoms with Gasteiger partial charge in [-0.15, -0.1) is 0 Å². The number of H-pyrrole nitrogens is 1. The molecule has 1 aromatic heterocycles. The number of guanidine groups is 1. The first-order chi connectivity index (χ1) is 13.2. The van der Waals surface area contributed by atoms with Gasteiger partial charge in [-0.3, -0.25) is 4.99 Å². The summed E-state index contributed by atoms with van der Waals surface area (Å²) in [4.78, 5) is 14.3. The van der Waals surface area contributed by atoms with Crippen molar-refractivity contribution in [2.45, 2.75) is 13.1 Å². The fourth-order valence-electron chi connectivity index (χ4n) is 2.86. The Bertz CT molecular complexity index is 888. The van der Waals surface area contributed by atoms with Crippen molar-refractivity contribution < 1.29 is 4.74 Å². The van der Waals surface area contributed by atoms with Crippen molar-refractivity contribution >= 4 is 5.96 Å². The lowest BCUT2D eigenvalue weighted by molar-refractivity contribution is 0.414. The number of aromatic nitrogens is 2. The van der Waals surface area contributed by atoms with Gasteiger partial charge < -0.3 is 19.9 Å². The molecular weight excluding hydrogens is 338 g/mol. The third-order valence-corrected chi connectivity index (χ3v) is 4.26. The third-order valence-electron chi connectivity index (χ3n) is 4.26. The van der Waals surface area contributed by atoms with Crippen LogP contribution in [0.5, 0.6) is 5.75 Å². The highest BCUT2D eigenvalue weighted by Gasteiger charge is 2.10. The quantitative estimate of drug-likeness (QED) is 0.521. The average Bonchev–Trinajstić information content (AvgIpc) is 3.18. The first kappa shape index (κ1) is 18.5. The van der Waals surface area contributed by atoms with Gasteiger partial charge in [0, 0.05) is 20.6 Å². The van der Waals surface area contributed by atoms with Crippen LogP contribution in [-0.2, 0) is 13.1 Å². The van der Waals surface area contributed by atoms with Crippen LogP contribution < -0.4 is 10.1 Å². The van der Waals surface area contributed by atoms with Gasteiger partial charge in [0.15, 0.2) is 5.96 Å². The molecule has 1 heterocycles. The van der Waals surface area contributed by atoms with Crippen LogP contribution in [0.4, 0.5) is 0 Å². The molecule has 6 heteroatoms. The van der Waals surface area contributed by atoms with Gasteiger partial charge in [0.1, 0.15) is 11.6 Å². The Morgan fingerprint density at radius 3 is 2.74 bits per heavy atom. The molecule has 0 saturated carbocycles. The van der Waals surface area contributed by atoms with E-state index in [1.54, 1.807) is 14.2 Å². The zero-order chi connectivity index (χ0) is 19.1. The van der Waals surface area contributed by atoms with E-state index in [2.05, 4.69) is 38.5 Å². The molecule has 27 heavy (non-hydrogen) atoms. The first-order valence-corrected chi connectivity index (χ1v) is 8.83. The number of nitrogens with one attached hydrogen (secondary N) is 2. The van der Waals surface area contributed by atoms with Crippen molar-refractivity contribution in [3.63, 3.8) is 0 Å². The molecule has 0 aliphatic heterocycles. The van der Waals surface area contributed by atoms with Gasteiger partial charge in [0.2, 0.25) is 0 Å². The fraction of sp³-hybridized carbons (Fsp3) is 0.238. The molecule has 0 fully saturated rings. The number of hydrogen-bond donors (Lipinski definition) is 2. The number of ether oxygens (including phenoxy) is 1. The Morgan fingerprint density at radius 1 is 1.19 bits per heavy atom. The number of methoxy groups -OCH3 is 1.